The van der Waals surface area contributed by atoms with Gasteiger partial charge in [0.05, 0.1) is 22.2 Å². The minimum atomic E-state index is -0.190. The van der Waals surface area contributed by atoms with E-state index in [1.807, 2.05) is 48.5 Å². The molecule has 0 aliphatic carbocycles. The van der Waals surface area contributed by atoms with Crippen LogP contribution in [-0.2, 0) is 16.6 Å². The molecular formula is C31H29Cl2N3O2. The van der Waals surface area contributed by atoms with Gasteiger partial charge in [-0.1, -0.05) is 80.4 Å². The molecule has 0 aliphatic heterocycles. The van der Waals surface area contributed by atoms with E-state index >= 15 is 0 Å². The summed E-state index contributed by atoms with van der Waals surface area (Å²) in [5.74, 6) is -0.370. The zero-order chi connectivity index (χ0) is 27.3. The van der Waals surface area contributed by atoms with Crippen molar-refractivity contribution < 1.29 is 9.59 Å². The number of anilines is 4. The highest BCUT2D eigenvalue weighted by atomic mass is 35.5. The van der Waals surface area contributed by atoms with Gasteiger partial charge in [-0.2, -0.15) is 0 Å². The van der Waals surface area contributed by atoms with Gasteiger partial charge in [-0.3, -0.25) is 9.59 Å². The first-order valence-corrected chi connectivity index (χ1v) is 13.0. The minimum Gasteiger partial charge on any atom is -0.353 e. The minimum absolute atomic E-state index is 0.0250. The van der Waals surface area contributed by atoms with E-state index in [0.29, 0.717) is 32.7 Å². The summed E-state index contributed by atoms with van der Waals surface area (Å²) in [5.41, 5.74) is 5.17. The lowest BCUT2D eigenvalue weighted by atomic mass is 9.87. The van der Waals surface area contributed by atoms with Crippen LogP contribution in [0, 0.1) is 0 Å². The van der Waals surface area contributed by atoms with Gasteiger partial charge in [-0.15, -0.1) is 0 Å². The first-order chi connectivity index (χ1) is 18.1. The number of hydrogen-bond acceptors (Lipinski definition) is 3. The topological polar surface area (TPSA) is 70.2 Å². The SMILES string of the molecule is CC(C)(C)c1ccc(C(=O)Nc2ccc(NC(=O)Cc3ccccc3Nc3c(Cl)cccc3Cl)cc2)cc1. The zero-order valence-corrected chi connectivity index (χ0v) is 23.0. The quantitative estimate of drug-likeness (QED) is 0.218. The summed E-state index contributed by atoms with van der Waals surface area (Å²) in [6, 6.07) is 27.4. The van der Waals surface area contributed by atoms with E-state index in [1.165, 1.54) is 5.56 Å². The molecule has 0 aliphatic rings. The number of halogens is 2. The van der Waals surface area contributed by atoms with E-state index in [9.17, 15) is 9.59 Å². The predicted molar refractivity (Wildman–Crippen MR) is 158 cm³/mol. The molecule has 38 heavy (non-hydrogen) atoms. The summed E-state index contributed by atoms with van der Waals surface area (Å²) in [6.45, 7) is 6.40. The summed E-state index contributed by atoms with van der Waals surface area (Å²) in [5, 5.41) is 10.0. The Morgan fingerprint density at radius 2 is 1.29 bits per heavy atom. The number of carbonyl (C=O) groups excluding carboxylic acids is 2. The molecule has 0 radical (unpaired) electrons. The molecular weight excluding hydrogens is 517 g/mol. The van der Waals surface area contributed by atoms with Crippen molar-refractivity contribution in [1.29, 1.82) is 0 Å². The van der Waals surface area contributed by atoms with Gasteiger partial charge in [0.25, 0.3) is 5.91 Å². The van der Waals surface area contributed by atoms with Crippen LogP contribution in [0.5, 0.6) is 0 Å². The number of hydrogen-bond donors (Lipinski definition) is 3. The Kier molecular flexibility index (Phi) is 8.40. The van der Waals surface area contributed by atoms with Crippen molar-refractivity contribution in [2.75, 3.05) is 16.0 Å². The molecule has 194 valence electrons. The van der Waals surface area contributed by atoms with Crippen LogP contribution in [0.2, 0.25) is 10.0 Å². The highest BCUT2D eigenvalue weighted by Gasteiger charge is 2.15. The van der Waals surface area contributed by atoms with Crippen molar-refractivity contribution in [2.45, 2.75) is 32.6 Å². The number of benzene rings is 4. The van der Waals surface area contributed by atoms with Gasteiger partial charge in [0, 0.05) is 22.6 Å². The van der Waals surface area contributed by atoms with E-state index in [4.69, 9.17) is 23.2 Å². The highest BCUT2D eigenvalue weighted by molar-refractivity contribution is 6.39. The predicted octanol–water partition coefficient (Wildman–Crippen LogP) is 8.47. The van der Waals surface area contributed by atoms with Gasteiger partial charge in [-0.05, 0) is 71.1 Å². The van der Waals surface area contributed by atoms with E-state index in [0.717, 1.165) is 11.3 Å². The summed E-state index contributed by atoms with van der Waals surface area (Å²) in [6.07, 6.45) is 0.147. The van der Waals surface area contributed by atoms with Crippen LogP contribution in [0.3, 0.4) is 0 Å². The van der Waals surface area contributed by atoms with Crippen molar-refractivity contribution in [1.82, 2.24) is 0 Å². The molecule has 4 rings (SSSR count). The monoisotopic (exact) mass is 545 g/mol. The fourth-order valence-electron chi connectivity index (χ4n) is 3.89. The maximum Gasteiger partial charge on any atom is 0.255 e. The average Bonchev–Trinajstić information content (AvgIpc) is 2.88. The van der Waals surface area contributed by atoms with Crippen LogP contribution in [0.4, 0.5) is 22.7 Å². The standard InChI is InChI=1S/C31H29Cl2N3O2/c1-31(2,3)22-13-11-20(12-14-22)30(38)35-24-17-15-23(16-18-24)34-28(37)19-21-7-4-5-10-27(21)36-29-25(32)8-6-9-26(29)33/h4-18,36H,19H2,1-3H3,(H,34,37)(H,35,38). The van der Waals surface area contributed by atoms with Gasteiger partial charge >= 0.3 is 0 Å². The summed E-state index contributed by atoms with van der Waals surface area (Å²) >= 11 is 12.6. The molecule has 5 nitrogen and oxygen atoms in total. The zero-order valence-electron chi connectivity index (χ0n) is 21.4. The second kappa shape index (κ2) is 11.7. The van der Waals surface area contributed by atoms with Crippen molar-refractivity contribution >= 4 is 57.8 Å². The van der Waals surface area contributed by atoms with Crippen molar-refractivity contribution in [3.8, 4) is 0 Å². The van der Waals surface area contributed by atoms with Crippen LogP contribution in [0.1, 0.15) is 42.3 Å². The maximum absolute atomic E-state index is 12.8. The Hall–Kier alpha value is -3.80. The molecule has 0 unspecified atom stereocenters. The van der Waals surface area contributed by atoms with Gasteiger partial charge in [0.2, 0.25) is 5.91 Å². The Labute approximate surface area is 233 Å². The molecule has 0 heterocycles. The molecule has 0 fully saturated rings. The fourth-order valence-corrected chi connectivity index (χ4v) is 4.38. The fraction of sp³-hybridized carbons (Fsp3) is 0.161. The largest absolute Gasteiger partial charge is 0.353 e. The molecule has 0 saturated heterocycles. The highest BCUT2D eigenvalue weighted by Crippen LogP contribution is 2.33. The third-order valence-electron chi connectivity index (χ3n) is 6.03. The van der Waals surface area contributed by atoms with Crippen molar-refractivity contribution in [2.24, 2.45) is 0 Å². The Bertz CT molecular complexity index is 1420. The lowest BCUT2D eigenvalue weighted by Crippen LogP contribution is -2.16. The number of carbonyl (C=O) groups is 2. The number of para-hydroxylation sites is 2. The molecule has 7 heteroatoms. The number of rotatable bonds is 7. The number of nitrogens with one attached hydrogen (secondary N) is 3. The van der Waals surface area contributed by atoms with Gasteiger partial charge in [0.1, 0.15) is 0 Å². The Balaban J connectivity index is 1.37. The van der Waals surface area contributed by atoms with Gasteiger partial charge in [-0.25, -0.2) is 0 Å². The summed E-state index contributed by atoms with van der Waals surface area (Å²) in [7, 11) is 0. The molecule has 0 spiro atoms. The second-order valence-electron chi connectivity index (χ2n) is 9.96. The second-order valence-corrected chi connectivity index (χ2v) is 10.8. The van der Waals surface area contributed by atoms with Crippen molar-refractivity contribution in [3.05, 3.63) is 118 Å². The normalized spacial score (nSPS) is 11.1. The van der Waals surface area contributed by atoms with Crippen LogP contribution < -0.4 is 16.0 Å². The van der Waals surface area contributed by atoms with Gasteiger partial charge in [0.15, 0.2) is 0 Å². The van der Waals surface area contributed by atoms with E-state index < -0.39 is 0 Å². The smallest absolute Gasteiger partial charge is 0.255 e. The van der Waals surface area contributed by atoms with Crippen LogP contribution in [0.15, 0.2) is 91.0 Å². The summed E-state index contributed by atoms with van der Waals surface area (Å²) < 4.78 is 0. The first-order valence-electron chi connectivity index (χ1n) is 12.2. The van der Waals surface area contributed by atoms with E-state index in [2.05, 4.69) is 36.7 Å². The maximum atomic E-state index is 12.8. The van der Waals surface area contributed by atoms with Gasteiger partial charge < -0.3 is 16.0 Å². The van der Waals surface area contributed by atoms with Crippen LogP contribution in [-0.4, -0.2) is 11.8 Å². The summed E-state index contributed by atoms with van der Waals surface area (Å²) in [4.78, 5) is 25.4. The lowest BCUT2D eigenvalue weighted by molar-refractivity contribution is -0.115. The Morgan fingerprint density at radius 3 is 1.89 bits per heavy atom. The molecule has 0 bridgehead atoms. The third-order valence-corrected chi connectivity index (χ3v) is 6.66. The van der Waals surface area contributed by atoms with Crippen molar-refractivity contribution in [3.63, 3.8) is 0 Å². The third kappa shape index (κ3) is 6.94. The Morgan fingerprint density at radius 1 is 0.711 bits per heavy atom. The first kappa shape index (κ1) is 27.2. The molecule has 3 N–H and O–H groups in total. The van der Waals surface area contributed by atoms with E-state index in [-0.39, 0.29) is 23.7 Å². The molecule has 4 aromatic carbocycles. The molecule has 4 aromatic rings. The van der Waals surface area contributed by atoms with Crippen LogP contribution in [0.25, 0.3) is 0 Å². The van der Waals surface area contributed by atoms with E-state index in [1.54, 1.807) is 42.5 Å². The molecule has 2 amide bonds. The average molecular weight is 546 g/mol. The molecule has 0 saturated carbocycles. The number of amides is 2. The van der Waals surface area contributed by atoms with Crippen LogP contribution >= 0.6 is 23.2 Å². The molecule has 0 atom stereocenters. The molecule has 0 aromatic heterocycles. The lowest BCUT2D eigenvalue weighted by Gasteiger charge is -2.19.